The Balaban J connectivity index is 1.99. The van der Waals surface area contributed by atoms with Gasteiger partial charge in [-0.2, -0.15) is 0 Å². The van der Waals surface area contributed by atoms with Gasteiger partial charge in [0.1, 0.15) is 0 Å². The molecule has 1 unspecified atom stereocenters. The summed E-state index contributed by atoms with van der Waals surface area (Å²) in [6.45, 7) is 1.61. The number of carbonyl (C=O) groups excluding carboxylic acids is 1. The van der Waals surface area contributed by atoms with E-state index < -0.39 is 0 Å². The van der Waals surface area contributed by atoms with Gasteiger partial charge in [-0.05, 0) is 6.42 Å². The van der Waals surface area contributed by atoms with E-state index in [-0.39, 0.29) is 18.6 Å². The lowest BCUT2D eigenvalue weighted by Crippen LogP contribution is -2.30. The molecule has 1 aromatic rings. The van der Waals surface area contributed by atoms with E-state index in [0.29, 0.717) is 25.3 Å². The second kappa shape index (κ2) is 5.24. The van der Waals surface area contributed by atoms with Crippen molar-refractivity contribution in [3.8, 4) is 0 Å². The highest BCUT2D eigenvalue weighted by Crippen LogP contribution is 2.14. The number of ether oxygens (including phenoxy) is 1. The van der Waals surface area contributed by atoms with E-state index in [4.69, 9.17) is 9.84 Å². The van der Waals surface area contributed by atoms with Crippen LogP contribution in [-0.2, 0) is 11.3 Å². The van der Waals surface area contributed by atoms with Crippen LogP contribution in [-0.4, -0.2) is 63.8 Å². The average molecular weight is 240 g/mol. The molecule has 0 bridgehead atoms. The number of aromatic nitrogens is 3. The lowest BCUT2D eigenvalue weighted by atomic mass is 10.3. The monoisotopic (exact) mass is 240 g/mol. The lowest BCUT2D eigenvalue weighted by Gasteiger charge is -2.13. The standard InChI is InChI=1S/C10H16N4O3/c1-17-8-2-3-13(6-8)10(16)9-7-14(4-5-15)12-11-9/h7-8,15H,2-6H2,1H3. The van der Waals surface area contributed by atoms with Crippen molar-refractivity contribution in [1.29, 1.82) is 0 Å². The smallest absolute Gasteiger partial charge is 0.276 e. The molecule has 0 aromatic carbocycles. The molecule has 0 radical (unpaired) electrons. The number of hydrogen-bond donors (Lipinski definition) is 1. The molecule has 0 saturated carbocycles. The Morgan fingerprint density at radius 1 is 1.71 bits per heavy atom. The molecule has 1 aromatic heterocycles. The highest BCUT2D eigenvalue weighted by Gasteiger charge is 2.28. The molecule has 1 aliphatic heterocycles. The van der Waals surface area contributed by atoms with Crippen molar-refractivity contribution in [2.24, 2.45) is 0 Å². The zero-order valence-corrected chi connectivity index (χ0v) is 9.74. The molecule has 1 amide bonds. The minimum Gasteiger partial charge on any atom is -0.394 e. The van der Waals surface area contributed by atoms with Crippen molar-refractivity contribution in [3.63, 3.8) is 0 Å². The molecule has 17 heavy (non-hydrogen) atoms. The van der Waals surface area contributed by atoms with Crippen molar-refractivity contribution < 1.29 is 14.6 Å². The van der Waals surface area contributed by atoms with Crippen LogP contribution in [0, 0.1) is 0 Å². The number of amides is 1. The number of methoxy groups -OCH3 is 1. The first-order valence-corrected chi connectivity index (χ1v) is 5.57. The first kappa shape index (κ1) is 12.0. The Labute approximate surface area is 99.0 Å². The summed E-state index contributed by atoms with van der Waals surface area (Å²) < 4.78 is 6.66. The summed E-state index contributed by atoms with van der Waals surface area (Å²) in [5.74, 6) is -0.131. The van der Waals surface area contributed by atoms with Crippen molar-refractivity contribution in [2.75, 3.05) is 26.8 Å². The number of rotatable bonds is 4. The number of likely N-dealkylation sites (tertiary alicyclic amines) is 1. The van der Waals surface area contributed by atoms with Crippen molar-refractivity contribution >= 4 is 5.91 Å². The Kier molecular flexibility index (Phi) is 3.70. The van der Waals surface area contributed by atoms with Gasteiger partial charge in [0.2, 0.25) is 0 Å². The fraction of sp³-hybridized carbons (Fsp3) is 0.700. The molecular formula is C10H16N4O3. The predicted molar refractivity (Wildman–Crippen MR) is 58.4 cm³/mol. The quantitative estimate of drug-likeness (QED) is 0.740. The molecule has 0 spiro atoms. The van der Waals surface area contributed by atoms with Gasteiger partial charge in [-0.15, -0.1) is 5.10 Å². The minimum absolute atomic E-state index is 0.0214. The Bertz CT molecular complexity index is 393. The molecule has 2 rings (SSSR count). The molecule has 1 fully saturated rings. The number of aliphatic hydroxyl groups excluding tert-OH is 1. The van der Waals surface area contributed by atoms with Crippen LogP contribution < -0.4 is 0 Å². The second-order valence-corrected chi connectivity index (χ2v) is 3.99. The SMILES string of the molecule is COC1CCN(C(=O)c2cn(CCO)nn2)C1. The van der Waals surface area contributed by atoms with Crippen LogP contribution in [0.15, 0.2) is 6.20 Å². The van der Waals surface area contributed by atoms with Gasteiger partial charge in [0, 0.05) is 20.2 Å². The minimum atomic E-state index is -0.131. The predicted octanol–water partition coefficient (Wildman–Crippen LogP) is -0.869. The molecule has 2 heterocycles. The summed E-state index contributed by atoms with van der Waals surface area (Å²) in [6.07, 6.45) is 2.53. The van der Waals surface area contributed by atoms with E-state index in [1.807, 2.05) is 0 Å². The molecule has 1 atom stereocenters. The van der Waals surface area contributed by atoms with Gasteiger partial charge < -0.3 is 14.7 Å². The van der Waals surface area contributed by atoms with Crippen LogP contribution in [0.25, 0.3) is 0 Å². The maximum atomic E-state index is 12.0. The molecule has 1 aliphatic rings. The van der Waals surface area contributed by atoms with Crippen LogP contribution in [0.3, 0.4) is 0 Å². The fourth-order valence-electron chi connectivity index (χ4n) is 1.88. The molecule has 7 heteroatoms. The number of nitrogens with zero attached hydrogens (tertiary/aromatic N) is 4. The van der Waals surface area contributed by atoms with Crippen LogP contribution >= 0.6 is 0 Å². The Morgan fingerprint density at radius 3 is 3.18 bits per heavy atom. The van der Waals surface area contributed by atoms with Gasteiger partial charge in [0.15, 0.2) is 5.69 Å². The highest BCUT2D eigenvalue weighted by atomic mass is 16.5. The fourth-order valence-corrected chi connectivity index (χ4v) is 1.88. The highest BCUT2D eigenvalue weighted by molar-refractivity contribution is 5.92. The van der Waals surface area contributed by atoms with E-state index in [1.165, 1.54) is 4.68 Å². The van der Waals surface area contributed by atoms with E-state index in [0.717, 1.165) is 6.42 Å². The Hall–Kier alpha value is -1.47. The maximum Gasteiger partial charge on any atom is 0.276 e. The van der Waals surface area contributed by atoms with Gasteiger partial charge >= 0.3 is 0 Å². The third kappa shape index (κ3) is 2.62. The zero-order chi connectivity index (χ0) is 12.3. The summed E-state index contributed by atoms with van der Waals surface area (Å²) in [6, 6.07) is 0. The van der Waals surface area contributed by atoms with Gasteiger partial charge in [-0.3, -0.25) is 4.79 Å². The second-order valence-electron chi connectivity index (χ2n) is 3.99. The summed E-state index contributed by atoms with van der Waals surface area (Å²) in [4.78, 5) is 13.7. The number of aliphatic hydroxyl groups is 1. The van der Waals surface area contributed by atoms with E-state index in [9.17, 15) is 4.79 Å². The van der Waals surface area contributed by atoms with E-state index in [1.54, 1.807) is 18.2 Å². The van der Waals surface area contributed by atoms with Crippen molar-refractivity contribution in [2.45, 2.75) is 19.1 Å². The van der Waals surface area contributed by atoms with Gasteiger partial charge in [0.05, 0.1) is 25.5 Å². The van der Waals surface area contributed by atoms with Crippen molar-refractivity contribution in [1.82, 2.24) is 19.9 Å². The molecule has 1 saturated heterocycles. The average Bonchev–Trinajstić information content (AvgIpc) is 2.97. The van der Waals surface area contributed by atoms with Gasteiger partial charge in [-0.25, -0.2) is 4.68 Å². The Morgan fingerprint density at radius 2 is 2.53 bits per heavy atom. The third-order valence-corrected chi connectivity index (χ3v) is 2.85. The largest absolute Gasteiger partial charge is 0.394 e. The number of hydrogen-bond acceptors (Lipinski definition) is 5. The summed E-state index contributed by atoms with van der Waals surface area (Å²) in [5.41, 5.74) is 0.315. The number of carbonyl (C=O) groups is 1. The lowest BCUT2D eigenvalue weighted by molar-refractivity contribution is 0.0719. The van der Waals surface area contributed by atoms with Crippen LogP contribution in [0.2, 0.25) is 0 Å². The summed E-state index contributed by atoms with van der Waals surface area (Å²) in [5, 5.41) is 16.3. The molecule has 7 nitrogen and oxygen atoms in total. The summed E-state index contributed by atoms with van der Waals surface area (Å²) >= 11 is 0. The normalized spacial score (nSPS) is 19.9. The molecule has 0 aliphatic carbocycles. The van der Waals surface area contributed by atoms with E-state index >= 15 is 0 Å². The van der Waals surface area contributed by atoms with Gasteiger partial charge in [0.25, 0.3) is 5.91 Å². The first-order valence-electron chi connectivity index (χ1n) is 5.57. The van der Waals surface area contributed by atoms with Crippen LogP contribution in [0.5, 0.6) is 0 Å². The van der Waals surface area contributed by atoms with E-state index in [2.05, 4.69) is 10.3 Å². The van der Waals surface area contributed by atoms with Gasteiger partial charge in [-0.1, -0.05) is 5.21 Å². The third-order valence-electron chi connectivity index (χ3n) is 2.85. The molecule has 94 valence electrons. The van der Waals surface area contributed by atoms with Crippen LogP contribution in [0.4, 0.5) is 0 Å². The topological polar surface area (TPSA) is 80.5 Å². The first-order chi connectivity index (χ1) is 8.24. The molecular weight excluding hydrogens is 224 g/mol. The van der Waals surface area contributed by atoms with Crippen molar-refractivity contribution in [3.05, 3.63) is 11.9 Å². The zero-order valence-electron chi connectivity index (χ0n) is 9.74. The maximum absolute atomic E-state index is 12.0. The molecule has 1 N–H and O–H groups in total. The summed E-state index contributed by atoms with van der Waals surface area (Å²) in [7, 11) is 1.65. The van der Waals surface area contributed by atoms with Crippen LogP contribution in [0.1, 0.15) is 16.9 Å².